The molecule has 1 rings (SSSR count). The van der Waals surface area contributed by atoms with E-state index in [2.05, 4.69) is 10.6 Å². The van der Waals surface area contributed by atoms with Crippen molar-refractivity contribution in [1.82, 2.24) is 10.6 Å². The highest BCUT2D eigenvalue weighted by atomic mass is 19.1. The maximum absolute atomic E-state index is 13.9. The van der Waals surface area contributed by atoms with Crippen LogP contribution in [0.2, 0.25) is 0 Å². The van der Waals surface area contributed by atoms with E-state index in [1.807, 2.05) is 0 Å². The van der Waals surface area contributed by atoms with Crippen LogP contribution in [-0.2, 0) is 11.2 Å². The van der Waals surface area contributed by atoms with Gasteiger partial charge in [-0.1, -0.05) is 6.07 Å². The van der Waals surface area contributed by atoms with Gasteiger partial charge in [0, 0.05) is 19.0 Å². The standard InChI is InChI=1S/C16H23FN2O4/c1-16(2,3)19-15(22)23-11(9-20)7-10-5-6-12(13(17)8-10)14(21)18-4/h5-6,8,11,20H,7,9H2,1-4H3,(H,18,21)(H,19,22)/t11-/m0/s1. The fourth-order valence-electron chi connectivity index (χ4n) is 1.90. The van der Waals surface area contributed by atoms with Crippen molar-refractivity contribution in [3.05, 3.63) is 35.1 Å². The van der Waals surface area contributed by atoms with Gasteiger partial charge in [-0.3, -0.25) is 4.79 Å². The van der Waals surface area contributed by atoms with Crippen LogP contribution in [0, 0.1) is 5.82 Å². The molecule has 3 N–H and O–H groups in total. The average molecular weight is 326 g/mol. The van der Waals surface area contributed by atoms with Crippen LogP contribution in [0.25, 0.3) is 0 Å². The van der Waals surface area contributed by atoms with Crippen molar-refractivity contribution in [2.75, 3.05) is 13.7 Å². The Labute approximate surface area is 135 Å². The number of rotatable bonds is 5. The van der Waals surface area contributed by atoms with Crippen LogP contribution in [-0.4, -0.2) is 42.4 Å². The molecule has 1 aromatic carbocycles. The van der Waals surface area contributed by atoms with E-state index in [1.165, 1.54) is 19.2 Å². The van der Waals surface area contributed by atoms with Crippen LogP contribution in [0.1, 0.15) is 36.7 Å². The molecule has 0 bridgehead atoms. The lowest BCUT2D eigenvalue weighted by atomic mass is 10.0. The summed E-state index contributed by atoms with van der Waals surface area (Å²) in [5, 5.41) is 14.3. The molecule has 6 nitrogen and oxygen atoms in total. The topological polar surface area (TPSA) is 87.7 Å². The molecule has 0 aromatic heterocycles. The normalized spacial score (nSPS) is 12.4. The lowest BCUT2D eigenvalue weighted by molar-refractivity contribution is 0.0538. The molecule has 0 fully saturated rings. The maximum atomic E-state index is 13.9. The van der Waals surface area contributed by atoms with Crippen LogP contribution in [0.15, 0.2) is 18.2 Å². The fourth-order valence-corrected chi connectivity index (χ4v) is 1.90. The summed E-state index contributed by atoms with van der Waals surface area (Å²) >= 11 is 0. The van der Waals surface area contributed by atoms with Crippen molar-refractivity contribution in [3.8, 4) is 0 Å². The number of hydrogen-bond acceptors (Lipinski definition) is 4. The molecule has 2 amide bonds. The number of aliphatic hydroxyl groups is 1. The van der Waals surface area contributed by atoms with Crippen molar-refractivity contribution < 1.29 is 23.8 Å². The molecule has 1 atom stereocenters. The number of benzene rings is 1. The van der Waals surface area contributed by atoms with Crippen molar-refractivity contribution >= 4 is 12.0 Å². The minimum Gasteiger partial charge on any atom is -0.443 e. The van der Waals surface area contributed by atoms with Crippen molar-refractivity contribution in [1.29, 1.82) is 0 Å². The van der Waals surface area contributed by atoms with E-state index in [1.54, 1.807) is 26.8 Å². The number of carbonyl (C=O) groups is 2. The summed E-state index contributed by atoms with van der Waals surface area (Å²) in [6.45, 7) is 5.01. The van der Waals surface area contributed by atoms with Gasteiger partial charge in [-0.15, -0.1) is 0 Å². The number of aliphatic hydroxyl groups excluding tert-OH is 1. The lowest BCUT2D eigenvalue weighted by Gasteiger charge is -2.23. The molecular weight excluding hydrogens is 303 g/mol. The van der Waals surface area contributed by atoms with Gasteiger partial charge in [-0.25, -0.2) is 9.18 Å². The maximum Gasteiger partial charge on any atom is 0.407 e. The summed E-state index contributed by atoms with van der Waals surface area (Å²) in [6, 6.07) is 4.10. The third kappa shape index (κ3) is 6.23. The Morgan fingerprint density at radius 2 is 2.00 bits per heavy atom. The number of nitrogens with one attached hydrogen (secondary N) is 2. The molecule has 0 spiro atoms. The van der Waals surface area contributed by atoms with Crippen LogP contribution in [0.4, 0.5) is 9.18 Å². The molecule has 0 unspecified atom stereocenters. The Morgan fingerprint density at radius 1 is 1.35 bits per heavy atom. The average Bonchev–Trinajstić information content (AvgIpc) is 2.44. The van der Waals surface area contributed by atoms with Crippen molar-refractivity contribution in [2.45, 2.75) is 38.8 Å². The highest BCUT2D eigenvalue weighted by Crippen LogP contribution is 2.13. The number of hydrogen-bond donors (Lipinski definition) is 3. The van der Waals surface area contributed by atoms with Crippen molar-refractivity contribution in [3.63, 3.8) is 0 Å². The molecule has 0 saturated heterocycles. The van der Waals surface area contributed by atoms with E-state index >= 15 is 0 Å². The molecule has 0 heterocycles. The zero-order chi connectivity index (χ0) is 17.6. The van der Waals surface area contributed by atoms with E-state index in [-0.39, 0.29) is 12.0 Å². The quantitative estimate of drug-likeness (QED) is 0.767. The SMILES string of the molecule is CNC(=O)c1ccc(C[C@@H](CO)OC(=O)NC(C)(C)C)cc1F. The van der Waals surface area contributed by atoms with Gasteiger partial charge in [0.15, 0.2) is 0 Å². The molecule has 0 aliphatic heterocycles. The minimum atomic E-state index is -0.803. The first-order chi connectivity index (χ1) is 10.7. The molecular formula is C16H23FN2O4. The lowest BCUT2D eigenvalue weighted by Crippen LogP contribution is -2.43. The van der Waals surface area contributed by atoms with E-state index < -0.39 is 36.1 Å². The van der Waals surface area contributed by atoms with Crippen molar-refractivity contribution in [2.24, 2.45) is 0 Å². The number of carbonyl (C=O) groups excluding carboxylic acids is 2. The number of alkyl carbamates (subject to hydrolysis) is 1. The second kappa shape index (κ2) is 7.92. The van der Waals surface area contributed by atoms with Crippen LogP contribution in [0.3, 0.4) is 0 Å². The Kier molecular flexibility index (Phi) is 6.50. The summed E-state index contributed by atoms with van der Waals surface area (Å²) in [4.78, 5) is 23.1. The molecule has 0 aliphatic carbocycles. The van der Waals surface area contributed by atoms with E-state index in [9.17, 15) is 19.1 Å². The largest absolute Gasteiger partial charge is 0.443 e. The summed E-state index contributed by atoms with van der Waals surface area (Å²) in [5.41, 5.74) is -0.0146. The summed E-state index contributed by atoms with van der Waals surface area (Å²) < 4.78 is 19.0. The zero-order valence-electron chi connectivity index (χ0n) is 13.8. The van der Waals surface area contributed by atoms with Gasteiger partial charge in [-0.05, 0) is 38.5 Å². The van der Waals surface area contributed by atoms with E-state index in [0.717, 1.165) is 0 Å². The summed E-state index contributed by atoms with van der Waals surface area (Å²) in [5.74, 6) is -1.19. The smallest absolute Gasteiger partial charge is 0.407 e. The monoisotopic (exact) mass is 326 g/mol. The van der Waals surface area contributed by atoms with Gasteiger partial charge in [0.25, 0.3) is 5.91 Å². The predicted molar refractivity (Wildman–Crippen MR) is 83.7 cm³/mol. The highest BCUT2D eigenvalue weighted by Gasteiger charge is 2.20. The van der Waals surface area contributed by atoms with Gasteiger partial charge in [0.2, 0.25) is 0 Å². The van der Waals surface area contributed by atoms with Gasteiger partial charge < -0.3 is 20.5 Å². The zero-order valence-corrected chi connectivity index (χ0v) is 13.8. The van der Waals surface area contributed by atoms with E-state index in [0.29, 0.717) is 5.56 Å². The first-order valence-corrected chi connectivity index (χ1v) is 7.26. The Morgan fingerprint density at radius 3 is 2.48 bits per heavy atom. The fraction of sp³-hybridized carbons (Fsp3) is 0.500. The van der Waals surface area contributed by atoms with Gasteiger partial charge in [0.05, 0.1) is 12.2 Å². The van der Waals surface area contributed by atoms with Gasteiger partial charge in [-0.2, -0.15) is 0 Å². The minimum absolute atomic E-state index is 0.0665. The third-order valence-electron chi connectivity index (χ3n) is 2.92. The Bertz CT molecular complexity index is 570. The number of halogens is 1. The molecule has 0 aliphatic rings. The second-order valence-corrected chi connectivity index (χ2v) is 6.18. The molecule has 128 valence electrons. The first kappa shape index (κ1) is 18.9. The molecule has 0 radical (unpaired) electrons. The third-order valence-corrected chi connectivity index (χ3v) is 2.92. The molecule has 0 saturated carbocycles. The molecule has 23 heavy (non-hydrogen) atoms. The highest BCUT2D eigenvalue weighted by molar-refractivity contribution is 5.94. The summed E-state index contributed by atoms with van der Waals surface area (Å²) in [6.07, 6.45) is -1.32. The molecule has 1 aromatic rings. The Balaban J connectivity index is 2.74. The molecule has 7 heteroatoms. The number of ether oxygens (including phenoxy) is 1. The van der Waals surface area contributed by atoms with Crippen LogP contribution < -0.4 is 10.6 Å². The summed E-state index contributed by atoms with van der Waals surface area (Å²) in [7, 11) is 1.42. The predicted octanol–water partition coefficient (Wildman–Crippen LogP) is 1.61. The first-order valence-electron chi connectivity index (χ1n) is 7.26. The number of amides is 2. The van der Waals surface area contributed by atoms with Gasteiger partial charge >= 0.3 is 6.09 Å². The second-order valence-electron chi connectivity index (χ2n) is 6.18. The van der Waals surface area contributed by atoms with Crippen LogP contribution >= 0.6 is 0 Å². The van der Waals surface area contributed by atoms with E-state index in [4.69, 9.17) is 4.74 Å². The van der Waals surface area contributed by atoms with Gasteiger partial charge in [0.1, 0.15) is 11.9 Å². The Hall–Kier alpha value is -2.15. The van der Waals surface area contributed by atoms with Crippen LogP contribution in [0.5, 0.6) is 0 Å².